The van der Waals surface area contributed by atoms with Crippen molar-refractivity contribution in [2.24, 2.45) is 10.4 Å². The predicted molar refractivity (Wildman–Crippen MR) is 172 cm³/mol. The molecule has 0 spiro atoms. The largest absolute Gasteiger partial charge is 0.377 e. The number of rotatable bonds is 10. The molecule has 0 saturated heterocycles. The van der Waals surface area contributed by atoms with Crippen molar-refractivity contribution in [2.75, 3.05) is 6.61 Å². The fourth-order valence-electron chi connectivity index (χ4n) is 7.06. The molecule has 2 aromatic heterocycles. The highest BCUT2D eigenvalue weighted by atomic mass is 16.7. The molecule has 2 aliphatic carbocycles. The molecule has 7 rings (SSSR count). The average Bonchev–Trinajstić information content (AvgIpc) is 3.73. The summed E-state index contributed by atoms with van der Waals surface area (Å²) in [7, 11) is 0. The Morgan fingerprint density at radius 1 is 1.11 bits per heavy atom. The highest BCUT2D eigenvalue weighted by Crippen LogP contribution is 2.41. The van der Waals surface area contributed by atoms with Crippen LogP contribution < -0.4 is 11.0 Å². The molecule has 2 fully saturated rings. The number of aliphatic imine (C=N–C) groups is 1. The number of aromatic nitrogens is 4. The third-order valence-corrected chi connectivity index (χ3v) is 9.79. The Morgan fingerprint density at radius 3 is 2.52 bits per heavy atom. The zero-order valence-electron chi connectivity index (χ0n) is 26.1. The molecule has 0 bridgehead atoms. The van der Waals surface area contributed by atoms with Crippen molar-refractivity contribution in [3.05, 3.63) is 87.6 Å². The molecule has 46 heavy (non-hydrogen) atoms. The quantitative estimate of drug-likeness (QED) is 0.256. The Hall–Kier alpha value is -4.37. The van der Waals surface area contributed by atoms with E-state index < -0.39 is 6.41 Å². The molecule has 2 aromatic carbocycles. The first-order valence-corrected chi connectivity index (χ1v) is 16.3. The van der Waals surface area contributed by atoms with Crippen LogP contribution in [0.25, 0.3) is 16.9 Å². The zero-order chi connectivity index (χ0) is 31.7. The van der Waals surface area contributed by atoms with Gasteiger partial charge in [-0.1, -0.05) is 68.3 Å². The summed E-state index contributed by atoms with van der Waals surface area (Å²) in [6.45, 7) is 2.62. The van der Waals surface area contributed by atoms with Gasteiger partial charge in [0, 0.05) is 23.6 Å². The number of nitriles is 1. The van der Waals surface area contributed by atoms with Gasteiger partial charge in [-0.25, -0.2) is 19.8 Å². The number of aryl methyl sites for hydroxylation is 1. The number of hydroxylamine groups is 1. The maximum Gasteiger partial charge on any atom is 0.280 e. The summed E-state index contributed by atoms with van der Waals surface area (Å²) < 4.78 is 9.97. The molecular weight excluding hydrogens is 582 g/mol. The molecule has 238 valence electrons. The number of nitrogens with zero attached hydrogens (tertiary/aromatic N) is 6. The Morgan fingerprint density at radius 2 is 1.87 bits per heavy atom. The fraction of sp³-hybridized carbons (Fsp3) is 0.457. The standard InChI is InChI=1S/C35H39N7O4/c1-2-6-30-29(19-23-9-11-24(12-10-23)27-7-3-4-8-28(27)31-39-34(44)46-40-31)32(43)41(33-37-22-38-42(30)33)25-13-15-26(16-14-25)45-21-35(20-36)17-5-18-35/h3-4,7-12,22,25-26,34,44H,2,5-6,13-19,21H2,1H3,(H,39,40). The van der Waals surface area contributed by atoms with Crippen LogP contribution in [0.3, 0.4) is 0 Å². The third kappa shape index (κ3) is 5.73. The number of aliphatic hydroxyl groups is 1. The van der Waals surface area contributed by atoms with E-state index in [2.05, 4.69) is 45.7 Å². The van der Waals surface area contributed by atoms with Gasteiger partial charge in [-0.15, -0.1) is 0 Å². The molecule has 0 radical (unpaired) electrons. The molecule has 1 atom stereocenters. The molecule has 3 aliphatic rings. The number of benzene rings is 2. The smallest absolute Gasteiger partial charge is 0.280 e. The maximum absolute atomic E-state index is 14.4. The fourth-order valence-corrected chi connectivity index (χ4v) is 7.06. The van der Waals surface area contributed by atoms with E-state index in [1.165, 1.54) is 0 Å². The van der Waals surface area contributed by atoms with Crippen LogP contribution in [0.15, 0.2) is 64.6 Å². The van der Waals surface area contributed by atoms with Crippen LogP contribution in [-0.4, -0.2) is 49.2 Å². The number of fused-ring (bicyclic) bond motifs is 1. The van der Waals surface area contributed by atoms with Crippen molar-refractivity contribution in [1.82, 2.24) is 24.6 Å². The lowest BCUT2D eigenvalue weighted by molar-refractivity contribution is -0.102. The average molecular weight is 622 g/mol. The van der Waals surface area contributed by atoms with Gasteiger partial charge in [-0.3, -0.25) is 9.36 Å². The van der Waals surface area contributed by atoms with E-state index in [-0.39, 0.29) is 23.1 Å². The molecule has 4 aromatic rings. The van der Waals surface area contributed by atoms with Crippen molar-refractivity contribution in [2.45, 2.75) is 89.7 Å². The van der Waals surface area contributed by atoms with Gasteiger partial charge in [-0.05, 0) is 61.6 Å². The summed E-state index contributed by atoms with van der Waals surface area (Å²) in [5.41, 5.74) is 7.85. The molecule has 3 heterocycles. The lowest BCUT2D eigenvalue weighted by Gasteiger charge is -2.37. The molecular formula is C35H39N7O4. The number of amidine groups is 1. The van der Waals surface area contributed by atoms with E-state index in [1.54, 1.807) is 6.33 Å². The SMILES string of the molecule is CCCc1c(Cc2ccc(-c3ccccc3C3=NC(O)ON3)cc2)c(=O)n(C2CCC(OCC3(C#N)CCC3)CC2)c2ncnn12. The molecule has 1 unspecified atom stereocenters. The van der Waals surface area contributed by atoms with Crippen molar-refractivity contribution in [1.29, 1.82) is 5.26 Å². The number of aliphatic hydroxyl groups excluding tert-OH is 1. The summed E-state index contributed by atoms with van der Waals surface area (Å²) >= 11 is 0. The minimum atomic E-state index is -1.23. The van der Waals surface area contributed by atoms with E-state index in [9.17, 15) is 15.2 Å². The zero-order valence-corrected chi connectivity index (χ0v) is 26.1. The topological polar surface area (TPSA) is 139 Å². The van der Waals surface area contributed by atoms with E-state index in [0.29, 0.717) is 24.6 Å². The Balaban J connectivity index is 1.14. The van der Waals surface area contributed by atoms with Gasteiger partial charge in [0.1, 0.15) is 6.33 Å². The molecule has 11 nitrogen and oxygen atoms in total. The van der Waals surface area contributed by atoms with Crippen LogP contribution in [0, 0.1) is 16.7 Å². The van der Waals surface area contributed by atoms with Crippen molar-refractivity contribution in [3.63, 3.8) is 0 Å². The van der Waals surface area contributed by atoms with Gasteiger partial charge >= 0.3 is 0 Å². The van der Waals surface area contributed by atoms with Crippen molar-refractivity contribution >= 4 is 11.6 Å². The first kappa shape index (κ1) is 30.3. The second kappa shape index (κ2) is 12.8. The number of ether oxygens (including phenoxy) is 1. The van der Waals surface area contributed by atoms with Crippen LogP contribution in [0.1, 0.15) is 86.7 Å². The van der Waals surface area contributed by atoms with Gasteiger partial charge in [-0.2, -0.15) is 15.3 Å². The van der Waals surface area contributed by atoms with Gasteiger partial charge in [0.05, 0.1) is 29.9 Å². The lowest BCUT2D eigenvalue weighted by Crippen LogP contribution is -2.37. The van der Waals surface area contributed by atoms with Crippen LogP contribution in [0.2, 0.25) is 0 Å². The molecule has 0 amide bonds. The Bertz CT molecular complexity index is 1840. The van der Waals surface area contributed by atoms with Gasteiger partial charge < -0.3 is 9.84 Å². The monoisotopic (exact) mass is 621 g/mol. The number of hydrogen-bond acceptors (Lipinski definition) is 9. The summed E-state index contributed by atoms with van der Waals surface area (Å²) in [6.07, 6.45) is 8.79. The predicted octanol–water partition coefficient (Wildman–Crippen LogP) is 4.85. The highest BCUT2D eigenvalue weighted by molar-refractivity contribution is 6.04. The first-order chi connectivity index (χ1) is 22.5. The Labute approximate surface area is 267 Å². The number of nitrogens with one attached hydrogen (secondary N) is 1. The van der Waals surface area contributed by atoms with E-state index in [4.69, 9.17) is 9.57 Å². The second-order valence-electron chi connectivity index (χ2n) is 12.8. The Kier molecular flexibility index (Phi) is 8.42. The van der Waals surface area contributed by atoms with Gasteiger partial charge in [0.15, 0.2) is 5.84 Å². The van der Waals surface area contributed by atoms with Crippen molar-refractivity contribution < 1.29 is 14.7 Å². The maximum atomic E-state index is 14.4. The van der Waals surface area contributed by atoms with Crippen LogP contribution >= 0.6 is 0 Å². The minimum Gasteiger partial charge on any atom is -0.377 e. The molecule has 2 N–H and O–H groups in total. The summed E-state index contributed by atoms with van der Waals surface area (Å²) in [5, 5.41) is 23.9. The van der Waals surface area contributed by atoms with Crippen LogP contribution in [0.5, 0.6) is 0 Å². The first-order valence-electron chi connectivity index (χ1n) is 16.3. The summed E-state index contributed by atoms with van der Waals surface area (Å²) in [5.74, 6) is 1.08. The third-order valence-electron chi connectivity index (χ3n) is 9.79. The molecule has 1 aliphatic heterocycles. The summed E-state index contributed by atoms with van der Waals surface area (Å²) in [4.78, 5) is 28.1. The van der Waals surface area contributed by atoms with E-state index >= 15 is 0 Å². The van der Waals surface area contributed by atoms with Crippen LogP contribution in [-0.2, 0) is 22.4 Å². The molecule has 2 saturated carbocycles. The second-order valence-corrected chi connectivity index (χ2v) is 12.8. The summed E-state index contributed by atoms with van der Waals surface area (Å²) in [6, 6.07) is 18.5. The van der Waals surface area contributed by atoms with Gasteiger partial charge in [0.2, 0.25) is 5.78 Å². The van der Waals surface area contributed by atoms with Crippen molar-refractivity contribution in [3.8, 4) is 17.2 Å². The lowest BCUT2D eigenvalue weighted by atomic mass is 9.70. The van der Waals surface area contributed by atoms with Gasteiger partial charge in [0.25, 0.3) is 12.0 Å². The molecule has 11 heteroatoms. The van der Waals surface area contributed by atoms with E-state index in [0.717, 1.165) is 91.3 Å². The van der Waals surface area contributed by atoms with E-state index in [1.807, 2.05) is 45.5 Å². The number of hydrogen-bond donors (Lipinski definition) is 2. The normalized spacial score (nSPS) is 22.2. The van der Waals surface area contributed by atoms with Crippen LogP contribution in [0.4, 0.5) is 0 Å². The minimum absolute atomic E-state index is 0.00418. The highest BCUT2D eigenvalue weighted by Gasteiger charge is 2.39.